The van der Waals surface area contributed by atoms with E-state index < -0.39 is 0 Å². The predicted molar refractivity (Wildman–Crippen MR) is 74.5 cm³/mol. The lowest BCUT2D eigenvalue weighted by atomic mass is 10.0. The van der Waals surface area contributed by atoms with Crippen LogP contribution in [0.3, 0.4) is 0 Å². The van der Waals surface area contributed by atoms with Crippen LogP contribution in [0, 0.1) is 0 Å². The summed E-state index contributed by atoms with van der Waals surface area (Å²) in [6.07, 6.45) is 3.88. The van der Waals surface area contributed by atoms with E-state index in [0.29, 0.717) is 11.7 Å². The highest BCUT2D eigenvalue weighted by Crippen LogP contribution is 2.16. The Kier molecular flexibility index (Phi) is 4.35. The predicted octanol–water partition coefficient (Wildman–Crippen LogP) is 2.01. The smallest absolute Gasteiger partial charge is 0.272 e. The van der Waals surface area contributed by atoms with Gasteiger partial charge in [-0.2, -0.15) is 0 Å². The topological polar surface area (TPSA) is 36.4 Å². The minimum absolute atomic E-state index is 0.00259. The van der Waals surface area contributed by atoms with Gasteiger partial charge in [-0.1, -0.05) is 0 Å². The molecule has 0 aliphatic carbocycles. The molecule has 98 valence electrons. The summed E-state index contributed by atoms with van der Waals surface area (Å²) in [5.74, 6) is 0.00259. The van der Waals surface area contributed by atoms with Gasteiger partial charge in [0.25, 0.3) is 5.91 Å². The zero-order chi connectivity index (χ0) is 13.1. The van der Waals surface area contributed by atoms with E-state index >= 15 is 0 Å². The summed E-state index contributed by atoms with van der Waals surface area (Å²) >= 11 is 3.32. The van der Waals surface area contributed by atoms with Crippen molar-refractivity contribution in [2.75, 3.05) is 27.2 Å². The van der Waals surface area contributed by atoms with Gasteiger partial charge >= 0.3 is 0 Å². The van der Waals surface area contributed by atoms with Gasteiger partial charge in [0.15, 0.2) is 0 Å². The summed E-state index contributed by atoms with van der Waals surface area (Å²) < 4.78 is 0.888. The number of hydrogen-bond acceptors (Lipinski definition) is 3. The number of halogens is 1. The quantitative estimate of drug-likeness (QED) is 0.838. The number of likely N-dealkylation sites (N-methyl/N-ethyl adjacent to an activating group) is 2. The molecule has 0 radical (unpaired) electrons. The maximum atomic E-state index is 12.3. The van der Waals surface area contributed by atoms with Crippen molar-refractivity contribution < 1.29 is 4.79 Å². The molecule has 1 aromatic rings. The molecule has 1 amide bonds. The number of hydrogen-bond donors (Lipinski definition) is 0. The Hall–Kier alpha value is -0.940. The number of aromatic nitrogens is 1. The molecule has 0 aromatic carbocycles. The van der Waals surface area contributed by atoms with Crippen LogP contribution >= 0.6 is 15.9 Å². The van der Waals surface area contributed by atoms with Crippen molar-refractivity contribution in [3.63, 3.8) is 0 Å². The fraction of sp³-hybridized carbons (Fsp3) is 0.538. The maximum absolute atomic E-state index is 12.3. The van der Waals surface area contributed by atoms with Crippen LogP contribution in [0.5, 0.6) is 0 Å². The molecule has 0 bridgehead atoms. The van der Waals surface area contributed by atoms with Crippen LogP contribution in [-0.4, -0.2) is 53.9 Å². The number of likely N-dealkylation sites (tertiary alicyclic amines) is 1. The number of amides is 1. The molecule has 2 rings (SSSR count). The normalized spacial score (nSPS) is 20.7. The van der Waals surface area contributed by atoms with Crippen LogP contribution in [0.1, 0.15) is 23.3 Å². The number of carbonyl (C=O) groups excluding carboxylic acids is 1. The van der Waals surface area contributed by atoms with Crippen molar-refractivity contribution in [1.29, 1.82) is 0 Å². The van der Waals surface area contributed by atoms with Crippen LogP contribution in [0.25, 0.3) is 0 Å². The van der Waals surface area contributed by atoms with Gasteiger partial charge < -0.3 is 9.80 Å². The van der Waals surface area contributed by atoms with Crippen LogP contribution in [-0.2, 0) is 0 Å². The van der Waals surface area contributed by atoms with Crippen molar-refractivity contribution in [2.45, 2.75) is 18.9 Å². The first-order valence-corrected chi connectivity index (χ1v) is 6.94. The summed E-state index contributed by atoms with van der Waals surface area (Å²) in [6.45, 7) is 2.06. The van der Waals surface area contributed by atoms with E-state index in [4.69, 9.17) is 0 Å². The van der Waals surface area contributed by atoms with Crippen molar-refractivity contribution in [1.82, 2.24) is 14.8 Å². The second kappa shape index (κ2) is 5.80. The summed E-state index contributed by atoms with van der Waals surface area (Å²) in [5, 5.41) is 0. The molecule has 0 N–H and O–H groups in total. The van der Waals surface area contributed by atoms with Gasteiger partial charge in [-0.05, 0) is 54.5 Å². The fourth-order valence-corrected chi connectivity index (χ4v) is 2.54. The summed E-state index contributed by atoms with van der Waals surface area (Å²) in [4.78, 5) is 20.5. The number of rotatable bonds is 2. The molecule has 1 atom stereocenters. The average molecular weight is 312 g/mol. The zero-order valence-electron chi connectivity index (χ0n) is 10.8. The molecule has 1 fully saturated rings. The molecule has 1 saturated heterocycles. The van der Waals surface area contributed by atoms with Crippen LogP contribution in [0.4, 0.5) is 0 Å². The monoisotopic (exact) mass is 311 g/mol. The summed E-state index contributed by atoms with van der Waals surface area (Å²) in [7, 11) is 3.97. The third-order valence-corrected chi connectivity index (χ3v) is 3.88. The van der Waals surface area contributed by atoms with E-state index in [2.05, 4.69) is 32.9 Å². The maximum Gasteiger partial charge on any atom is 0.272 e. The Labute approximate surface area is 116 Å². The van der Waals surface area contributed by atoms with Gasteiger partial charge in [-0.3, -0.25) is 4.79 Å². The largest absolute Gasteiger partial charge is 0.336 e. The second-order valence-corrected chi connectivity index (χ2v) is 5.75. The molecule has 2 heterocycles. The molecule has 1 aliphatic heterocycles. The van der Waals surface area contributed by atoms with Gasteiger partial charge in [-0.15, -0.1) is 0 Å². The summed E-state index contributed by atoms with van der Waals surface area (Å²) in [5.41, 5.74) is 0.508. The Bertz CT molecular complexity index is 421. The van der Waals surface area contributed by atoms with Crippen LogP contribution < -0.4 is 0 Å². The number of carbonyl (C=O) groups is 1. The Morgan fingerprint density at radius 1 is 1.56 bits per heavy atom. The molecule has 1 unspecified atom stereocenters. The first-order chi connectivity index (χ1) is 8.58. The first-order valence-electron chi connectivity index (χ1n) is 6.15. The van der Waals surface area contributed by atoms with Crippen molar-refractivity contribution in [3.8, 4) is 0 Å². The summed E-state index contributed by atoms with van der Waals surface area (Å²) in [6, 6.07) is 3.90. The standard InChI is InChI=1S/C13H18BrN3O/c1-16-7-3-4-11(9-16)17(2)13(18)12-6-5-10(14)8-15-12/h5-6,8,11H,3-4,7,9H2,1-2H3. The molecule has 0 spiro atoms. The van der Waals surface area contributed by atoms with E-state index in [1.165, 1.54) is 0 Å². The molecule has 1 aliphatic rings. The van der Waals surface area contributed by atoms with Crippen molar-refractivity contribution in [2.24, 2.45) is 0 Å². The van der Waals surface area contributed by atoms with Gasteiger partial charge in [0.2, 0.25) is 0 Å². The minimum Gasteiger partial charge on any atom is -0.336 e. The average Bonchev–Trinajstić information content (AvgIpc) is 2.38. The highest BCUT2D eigenvalue weighted by Gasteiger charge is 2.25. The molecule has 1 aromatic heterocycles. The van der Waals surface area contributed by atoms with E-state index in [1.807, 2.05) is 18.0 Å². The molecule has 0 saturated carbocycles. The van der Waals surface area contributed by atoms with Crippen molar-refractivity contribution in [3.05, 3.63) is 28.5 Å². The third kappa shape index (κ3) is 3.09. The fourth-order valence-electron chi connectivity index (χ4n) is 2.30. The molecular weight excluding hydrogens is 294 g/mol. The molecular formula is C13H18BrN3O. The van der Waals surface area contributed by atoms with Crippen LogP contribution in [0.2, 0.25) is 0 Å². The third-order valence-electron chi connectivity index (χ3n) is 3.41. The first kappa shape index (κ1) is 13.5. The number of piperidine rings is 1. The number of nitrogens with zero attached hydrogens (tertiary/aromatic N) is 3. The molecule has 18 heavy (non-hydrogen) atoms. The Balaban J connectivity index is 2.06. The number of pyridine rings is 1. The van der Waals surface area contributed by atoms with E-state index in [9.17, 15) is 4.79 Å². The van der Waals surface area contributed by atoms with Gasteiger partial charge in [0.1, 0.15) is 5.69 Å². The lowest BCUT2D eigenvalue weighted by Gasteiger charge is -2.35. The lowest BCUT2D eigenvalue weighted by molar-refractivity contribution is 0.0638. The van der Waals surface area contributed by atoms with Crippen molar-refractivity contribution >= 4 is 21.8 Å². The second-order valence-electron chi connectivity index (χ2n) is 4.84. The van der Waals surface area contributed by atoms with E-state index in [1.54, 1.807) is 12.3 Å². The minimum atomic E-state index is 0.00259. The lowest BCUT2D eigenvalue weighted by Crippen LogP contribution is -2.47. The molecule has 4 nitrogen and oxygen atoms in total. The molecule has 5 heteroatoms. The highest BCUT2D eigenvalue weighted by molar-refractivity contribution is 9.10. The van der Waals surface area contributed by atoms with Gasteiger partial charge in [0, 0.05) is 30.3 Å². The van der Waals surface area contributed by atoms with Gasteiger partial charge in [-0.25, -0.2) is 4.98 Å². The Morgan fingerprint density at radius 3 is 2.94 bits per heavy atom. The van der Waals surface area contributed by atoms with Gasteiger partial charge in [0.05, 0.1) is 0 Å². The highest BCUT2D eigenvalue weighted by atomic mass is 79.9. The zero-order valence-corrected chi connectivity index (χ0v) is 12.4. The SMILES string of the molecule is CN1CCCC(N(C)C(=O)c2ccc(Br)cn2)C1. The van der Waals surface area contributed by atoms with E-state index in [-0.39, 0.29) is 5.91 Å². The van der Waals surface area contributed by atoms with Crippen LogP contribution in [0.15, 0.2) is 22.8 Å². The Morgan fingerprint density at radius 2 is 2.33 bits per heavy atom. The van der Waals surface area contributed by atoms with E-state index in [0.717, 1.165) is 30.4 Å².